The molecule has 0 heterocycles. The van der Waals surface area contributed by atoms with Crippen LogP contribution in [0.5, 0.6) is 0 Å². The number of benzene rings is 2. The fourth-order valence-electron chi connectivity index (χ4n) is 3.80. The van der Waals surface area contributed by atoms with Crippen molar-refractivity contribution in [2.24, 2.45) is 11.8 Å². The van der Waals surface area contributed by atoms with Crippen molar-refractivity contribution in [2.75, 3.05) is 13.2 Å². The number of carboxylic acid groups (broad SMARTS) is 2. The van der Waals surface area contributed by atoms with Crippen molar-refractivity contribution in [3.63, 3.8) is 0 Å². The molecule has 32 heavy (non-hydrogen) atoms. The quantitative estimate of drug-likeness (QED) is 0.592. The Labute approximate surface area is 184 Å². The first-order valence-corrected chi connectivity index (χ1v) is 10.4. The smallest absolute Gasteiger partial charge is 0.339 e. The van der Waals surface area contributed by atoms with Crippen LogP contribution < -0.4 is 0 Å². The third kappa shape index (κ3) is 5.72. The summed E-state index contributed by atoms with van der Waals surface area (Å²) >= 11 is 0. The van der Waals surface area contributed by atoms with Crippen molar-refractivity contribution in [1.82, 2.24) is 0 Å². The summed E-state index contributed by atoms with van der Waals surface area (Å²) in [4.78, 5) is 47.1. The second kappa shape index (κ2) is 10.6. The molecule has 0 atom stereocenters. The normalized spacial score (nSPS) is 17.9. The Bertz CT molecular complexity index is 923. The lowest BCUT2D eigenvalue weighted by Gasteiger charge is -2.28. The molecule has 0 amide bonds. The topological polar surface area (TPSA) is 127 Å². The lowest BCUT2D eigenvalue weighted by Crippen LogP contribution is -2.24. The van der Waals surface area contributed by atoms with Crippen LogP contribution in [-0.4, -0.2) is 47.3 Å². The molecule has 2 aromatic rings. The van der Waals surface area contributed by atoms with E-state index in [2.05, 4.69) is 0 Å². The van der Waals surface area contributed by atoms with Crippen molar-refractivity contribution in [3.8, 4) is 0 Å². The van der Waals surface area contributed by atoms with Crippen molar-refractivity contribution < 1.29 is 38.9 Å². The second-order valence-electron chi connectivity index (χ2n) is 7.79. The Morgan fingerprint density at radius 2 is 0.938 bits per heavy atom. The van der Waals surface area contributed by atoms with Gasteiger partial charge in [-0.05, 0) is 61.8 Å². The highest BCUT2D eigenvalue weighted by Crippen LogP contribution is 2.29. The highest BCUT2D eigenvalue weighted by atomic mass is 16.5. The van der Waals surface area contributed by atoms with Gasteiger partial charge in [0.1, 0.15) is 0 Å². The van der Waals surface area contributed by atoms with Gasteiger partial charge in [-0.1, -0.05) is 24.3 Å². The van der Waals surface area contributed by atoms with E-state index >= 15 is 0 Å². The number of esters is 2. The summed E-state index contributed by atoms with van der Waals surface area (Å²) in [6.07, 6.45) is 3.12. The van der Waals surface area contributed by atoms with E-state index in [9.17, 15) is 29.4 Å². The van der Waals surface area contributed by atoms with Crippen molar-refractivity contribution in [1.29, 1.82) is 0 Å². The van der Waals surface area contributed by atoms with Gasteiger partial charge in [0.25, 0.3) is 0 Å². The third-order valence-electron chi connectivity index (χ3n) is 5.62. The van der Waals surface area contributed by atoms with Gasteiger partial charge >= 0.3 is 23.9 Å². The van der Waals surface area contributed by atoms with Crippen molar-refractivity contribution in [3.05, 3.63) is 70.8 Å². The van der Waals surface area contributed by atoms with Crippen LogP contribution in [-0.2, 0) is 9.47 Å². The molecular formula is C24H24O8. The Kier molecular flexibility index (Phi) is 7.59. The standard InChI is InChI=1S/C24H24O8/c25-21(26)17-5-1-3-7-19(17)23(29)31-13-15-9-11-16(12-10-15)14-32-24(30)20-8-4-2-6-18(20)22(27)28/h1-8,15-16H,9-14H2,(H,25,26)(H,27,28). The highest BCUT2D eigenvalue weighted by Gasteiger charge is 2.25. The molecule has 1 saturated carbocycles. The first kappa shape index (κ1) is 23.0. The number of rotatable bonds is 8. The average Bonchev–Trinajstić information content (AvgIpc) is 2.81. The van der Waals surface area contributed by atoms with E-state index in [1.807, 2.05) is 0 Å². The van der Waals surface area contributed by atoms with Crippen LogP contribution in [0.25, 0.3) is 0 Å². The molecule has 2 N–H and O–H groups in total. The predicted octanol–water partition coefficient (Wildman–Crippen LogP) is 3.90. The summed E-state index contributed by atoms with van der Waals surface area (Å²) in [5.41, 5.74) is -0.121. The van der Waals surface area contributed by atoms with Gasteiger partial charge in [-0.25, -0.2) is 19.2 Å². The highest BCUT2D eigenvalue weighted by molar-refractivity contribution is 6.03. The summed E-state index contributed by atoms with van der Waals surface area (Å²) in [5, 5.41) is 18.4. The zero-order chi connectivity index (χ0) is 23.1. The summed E-state index contributed by atoms with van der Waals surface area (Å²) in [6, 6.07) is 11.9. The molecule has 8 heteroatoms. The molecule has 3 rings (SSSR count). The maximum atomic E-state index is 12.3. The number of aromatic carboxylic acids is 2. The van der Waals surface area contributed by atoms with Crippen LogP contribution in [0.2, 0.25) is 0 Å². The minimum atomic E-state index is -1.18. The fraction of sp³-hybridized carbons (Fsp3) is 0.333. The largest absolute Gasteiger partial charge is 0.478 e. The van der Waals surface area contributed by atoms with E-state index in [4.69, 9.17) is 9.47 Å². The Morgan fingerprint density at radius 3 is 1.25 bits per heavy atom. The average molecular weight is 440 g/mol. The van der Waals surface area contributed by atoms with Crippen LogP contribution in [0.1, 0.15) is 67.1 Å². The van der Waals surface area contributed by atoms with Gasteiger partial charge in [-0.2, -0.15) is 0 Å². The molecule has 0 saturated heterocycles. The molecule has 0 unspecified atom stereocenters. The summed E-state index contributed by atoms with van der Waals surface area (Å²) in [5.74, 6) is -3.38. The fourth-order valence-corrected chi connectivity index (χ4v) is 3.80. The molecule has 0 spiro atoms. The van der Waals surface area contributed by atoms with Crippen LogP contribution in [0, 0.1) is 11.8 Å². The zero-order valence-electron chi connectivity index (χ0n) is 17.4. The molecule has 0 radical (unpaired) electrons. The summed E-state index contributed by atoms with van der Waals surface area (Å²) in [6.45, 7) is 0.399. The molecule has 2 aromatic carbocycles. The molecule has 8 nitrogen and oxygen atoms in total. The monoisotopic (exact) mass is 440 g/mol. The predicted molar refractivity (Wildman–Crippen MR) is 113 cm³/mol. The Balaban J connectivity index is 1.44. The molecule has 1 aliphatic rings. The van der Waals surface area contributed by atoms with E-state index in [0.29, 0.717) is 0 Å². The van der Waals surface area contributed by atoms with Gasteiger partial charge in [-0.3, -0.25) is 0 Å². The first-order valence-electron chi connectivity index (χ1n) is 10.4. The van der Waals surface area contributed by atoms with Gasteiger partial charge in [0.05, 0.1) is 35.5 Å². The van der Waals surface area contributed by atoms with Crippen molar-refractivity contribution >= 4 is 23.9 Å². The van der Waals surface area contributed by atoms with Crippen LogP contribution in [0.3, 0.4) is 0 Å². The molecule has 1 fully saturated rings. The molecule has 0 aromatic heterocycles. The molecular weight excluding hydrogens is 416 g/mol. The maximum Gasteiger partial charge on any atom is 0.339 e. The lowest BCUT2D eigenvalue weighted by molar-refractivity contribution is 0.0294. The first-order chi connectivity index (χ1) is 15.4. The number of carboxylic acids is 2. The van der Waals surface area contributed by atoms with Gasteiger partial charge in [0.2, 0.25) is 0 Å². The maximum absolute atomic E-state index is 12.3. The second-order valence-corrected chi connectivity index (χ2v) is 7.79. The zero-order valence-corrected chi connectivity index (χ0v) is 17.4. The summed E-state index contributed by atoms with van der Waals surface area (Å²) < 4.78 is 10.7. The Morgan fingerprint density at radius 1 is 0.625 bits per heavy atom. The SMILES string of the molecule is O=C(O)c1ccccc1C(=O)OCC1CCC(COC(=O)c2ccccc2C(=O)O)CC1. The van der Waals surface area contributed by atoms with Gasteiger partial charge in [-0.15, -0.1) is 0 Å². The Hall–Kier alpha value is -3.68. The van der Waals surface area contributed by atoms with Gasteiger partial charge in [0.15, 0.2) is 0 Å². The third-order valence-corrected chi connectivity index (χ3v) is 5.62. The summed E-state index contributed by atoms with van der Waals surface area (Å²) in [7, 11) is 0. The van der Waals surface area contributed by atoms with Crippen molar-refractivity contribution in [2.45, 2.75) is 25.7 Å². The van der Waals surface area contributed by atoms with E-state index in [1.165, 1.54) is 24.3 Å². The lowest BCUT2D eigenvalue weighted by atomic mass is 9.83. The van der Waals surface area contributed by atoms with Gasteiger partial charge < -0.3 is 19.7 Å². The minimum Gasteiger partial charge on any atom is -0.478 e. The van der Waals surface area contributed by atoms with Crippen LogP contribution in [0.4, 0.5) is 0 Å². The minimum absolute atomic E-state index is 0.0299. The van der Waals surface area contributed by atoms with E-state index in [-0.39, 0.29) is 47.3 Å². The molecule has 168 valence electrons. The molecule has 1 aliphatic carbocycles. The molecule has 0 bridgehead atoms. The van der Waals surface area contributed by atoms with E-state index < -0.39 is 23.9 Å². The number of hydrogen-bond donors (Lipinski definition) is 2. The molecule has 0 aliphatic heterocycles. The van der Waals surface area contributed by atoms with Crippen LogP contribution in [0.15, 0.2) is 48.5 Å². The number of carbonyl (C=O) groups excluding carboxylic acids is 2. The number of carbonyl (C=O) groups is 4. The van der Waals surface area contributed by atoms with Crippen LogP contribution >= 0.6 is 0 Å². The van der Waals surface area contributed by atoms with E-state index in [1.54, 1.807) is 24.3 Å². The van der Waals surface area contributed by atoms with Gasteiger partial charge in [0, 0.05) is 0 Å². The number of hydrogen-bond acceptors (Lipinski definition) is 6. The number of ether oxygens (including phenoxy) is 2. The van der Waals surface area contributed by atoms with E-state index in [0.717, 1.165) is 25.7 Å².